The number of hydrogen-bond donors (Lipinski definition) is 1. The van der Waals surface area contributed by atoms with Crippen LogP contribution in [0.25, 0.3) is 0 Å². The van der Waals surface area contributed by atoms with Gasteiger partial charge in [-0.05, 0) is 75.1 Å². The van der Waals surface area contributed by atoms with E-state index in [4.69, 9.17) is 21.1 Å². The number of rotatable bonds is 9. The predicted octanol–water partition coefficient (Wildman–Crippen LogP) is 4.56. The Morgan fingerprint density at radius 3 is 2.46 bits per heavy atom. The number of ether oxygens (including phenoxy) is 2. The number of halogens is 1. The first-order valence-electron chi connectivity index (χ1n) is 8.85. The standard InChI is InChI=1S/C21H26ClNO3/c1-15(2)26-18-8-6-17(7-9-18)5-4-12-23-21(24)14-25-19-10-11-20(22)16(3)13-19/h6-11,13,15H,4-5,12,14H2,1-3H3,(H,23,24). The summed E-state index contributed by atoms with van der Waals surface area (Å²) in [5, 5.41) is 3.56. The Hall–Kier alpha value is -2.20. The van der Waals surface area contributed by atoms with Gasteiger partial charge in [-0.1, -0.05) is 23.7 Å². The molecule has 5 heteroatoms. The van der Waals surface area contributed by atoms with E-state index >= 15 is 0 Å². The number of benzene rings is 2. The van der Waals surface area contributed by atoms with Gasteiger partial charge in [0.1, 0.15) is 11.5 Å². The number of carbonyl (C=O) groups is 1. The minimum Gasteiger partial charge on any atom is -0.491 e. The minimum absolute atomic E-state index is 0.00229. The first-order valence-corrected chi connectivity index (χ1v) is 9.23. The zero-order valence-electron chi connectivity index (χ0n) is 15.5. The van der Waals surface area contributed by atoms with Crippen molar-refractivity contribution >= 4 is 17.5 Å². The third kappa shape index (κ3) is 6.96. The van der Waals surface area contributed by atoms with Crippen molar-refractivity contribution in [3.05, 3.63) is 58.6 Å². The third-order valence-corrected chi connectivity index (χ3v) is 4.18. The van der Waals surface area contributed by atoms with Gasteiger partial charge in [0.2, 0.25) is 0 Å². The smallest absolute Gasteiger partial charge is 0.257 e. The normalized spacial score (nSPS) is 10.7. The molecular weight excluding hydrogens is 350 g/mol. The van der Waals surface area contributed by atoms with E-state index in [0.29, 0.717) is 17.3 Å². The van der Waals surface area contributed by atoms with Crippen LogP contribution in [-0.2, 0) is 11.2 Å². The number of aryl methyl sites for hydroxylation is 2. The molecule has 0 heterocycles. The molecule has 0 saturated heterocycles. The number of carbonyl (C=O) groups excluding carboxylic acids is 1. The minimum atomic E-state index is -0.127. The lowest BCUT2D eigenvalue weighted by Gasteiger charge is -2.10. The summed E-state index contributed by atoms with van der Waals surface area (Å²) >= 11 is 5.97. The fourth-order valence-corrected chi connectivity index (χ4v) is 2.55. The maximum absolute atomic E-state index is 11.8. The second-order valence-electron chi connectivity index (χ2n) is 6.46. The largest absolute Gasteiger partial charge is 0.491 e. The van der Waals surface area contributed by atoms with Gasteiger partial charge >= 0.3 is 0 Å². The summed E-state index contributed by atoms with van der Waals surface area (Å²) in [7, 11) is 0. The lowest BCUT2D eigenvalue weighted by molar-refractivity contribution is -0.123. The monoisotopic (exact) mass is 375 g/mol. The first kappa shape index (κ1) is 20.1. The van der Waals surface area contributed by atoms with Crippen LogP contribution in [0.3, 0.4) is 0 Å². The van der Waals surface area contributed by atoms with Gasteiger partial charge in [-0.2, -0.15) is 0 Å². The zero-order chi connectivity index (χ0) is 18.9. The van der Waals surface area contributed by atoms with Crippen molar-refractivity contribution in [2.75, 3.05) is 13.2 Å². The van der Waals surface area contributed by atoms with Crippen molar-refractivity contribution in [2.45, 2.75) is 39.7 Å². The van der Waals surface area contributed by atoms with Crippen LogP contribution >= 0.6 is 11.6 Å². The maximum atomic E-state index is 11.8. The van der Waals surface area contributed by atoms with Gasteiger partial charge < -0.3 is 14.8 Å². The Morgan fingerprint density at radius 2 is 1.81 bits per heavy atom. The molecular formula is C21H26ClNO3. The molecule has 0 aliphatic heterocycles. The Balaban J connectivity index is 1.64. The van der Waals surface area contributed by atoms with Crippen LogP contribution in [0.15, 0.2) is 42.5 Å². The Morgan fingerprint density at radius 1 is 1.12 bits per heavy atom. The number of nitrogens with one attached hydrogen (secondary N) is 1. The summed E-state index contributed by atoms with van der Waals surface area (Å²) in [6.45, 7) is 6.54. The highest BCUT2D eigenvalue weighted by atomic mass is 35.5. The average molecular weight is 376 g/mol. The van der Waals surface area contributed by atoms with Crippen LogP contribution in [-0.4, -0.2) is 25.2 Å². The Bertz CT molecular complexity index is 714. The molecule has 0 aliphatic rings. The van der Waals surface area contributed by atoms with Crippen molar-refractivity contribution in [3.8, 4) is 11.5 Å². The predicted molar refractivity (Wildman–Crippen MR) is 105 cm³/mol. The van der Waals surface area contributed by atoms with Gasteiger partial charge in [-0.25, -0.2) is 0 Å². The molecule has 1 amide bonds. The van der Waals surface area contributed by atoms with E-state index < -0.39 is 0 Å². The SMILES string of the molecule is Cc1cc(OCC(=O)NCCCc2ccc(OC(C)C)cc2)ccc1Cl. The number of amides is 1. The molecule has 2 aromatic carbocycles. The third-order valence-electron chi connectivity index (χ3n) is 3.76. The van der Waals surface area contributed by atoms with E-state index in [2.05, 4.69) is 17.4 Å². The second-order valence-corrected chi connectivity index (χ2v) is 6.87. The average Bonchev–Trinajstić information content (AvgIpc) is 2.60. The van der Waals surface area contributed by atoms with Crippen molar-refractivity contribution in [1.29, 1.82) is 0 Å². The summed E-state index contributed by atoms with van der Waals surface area (Å²) in [4.78, 5) is 11.8. The van der Waals surface area contributed by atoms with Crippen LogP contribution in [0.1, 0.15) is 31.4 Å². The fraction of sp³-hybridized carbons (Fsp3) is 0.381. The molecule has 0 aromatic heterocycles. The van der Waals surface area contributed by atoms with Gasteiger partial charge in [0.05, 0.1) is 6.10 Å². The molecule has 0 saturated carbocycles. The van der Waals surface area contributed by atoms with Crippen LogP contribution in [0, 0.1) is 6.92 Å². The van der Waals surface area contributed by atoms with Crippen molar-refractivity contribution in [2.24, 2.45) is 0 Å². The van der Waals surface area contributed by atoms with Crippen molar-refractivity contribution in [3.63, 3.8) is 0 Å². The van der Waals surface area contributed by atoms with E-state index in [1.54, 1.807) is 12.1 Å². The quantitative estimate of drug-likeness (QED) is 0.653. The maximum Gasteiger partial charge on any atom is 0.257 e. The molecule has 0 unspecified atom stereocenters. The van der Waals surface area contributed by atoms with E-state index in [9.17, 15) is 4.79 Å². The van der Waals surface area contributed by atoms with E-state index in [1.807, 2.05) is 39.0 Å². The van der Waals surface area contributed by atoms with Gasteiger partial charge in [0.15, 0.2) is 6.61 Å². The van der Waals surface area contributed by atoms with Crippen LogP contribution in [0.4, 0.5) is 0 Å². The Labute approximate surface area is 160 Å². The summed E-state index contributed by atoms with van der Waals surface area (Å²) in [6, 6.07) is 13.4. The van der Waals surface area contributed by atoms with Gasteiger partial charge in [0.25, 0.3) is 5.91 Å². The topological polar surface area (TPSA) is 47.6 Å². The summed E-state index contributed by atoms with van der Waals surface area (Å²) in [5.74, 6) is 1.40. The summed E-state index contributed by atoms with van der Waals surface area (Å²) < 4.78 is 11.1. The molecule has 0 atom stereocenters. The zero-order valence-corrected chi connectivity index (χ0v) is 16.3. The molecule has 0 spiro atoms. The lowest BCUT2D eigenvalue weighted by Crippen LogP contribution is -2.29. The molecule has 26 heavy (non-hydrogen) atoms. The van der Waals surface area contributed by atoms with E-state index in [0.717, 1.165) is 24.2 Å². The second kappa shape index (κ2) is 10.1. The summed E-state index contributed by atoms with van der Waals surface area (Å²) in [5.41, 5.74) is 2.15. The van der Waals surface area contributed by atoms with E-state index in [1.165, 1.54) is 5.56 Å². The molecule has 4 nitrogen and oxygen atoms in total. The molecule has 2 aromatic rings. The highest BCUT2D eigenvalue weighted by Gasteiger charge is 2.04. The lowest BCUT2D eigenvalue weighted by atomic mass is 10.1. The number of hydrogen-bond acceptors (Lipinski definition) is 3. The van der Waals surface area contributed by atoms with Crippen molar-refractivity contribution in [1.82, 2.24) is 5.32 Å². The summed E-state index contributed by atoms with van der Waals surface area (Å²) in [6.07, 6.45) is 1.95. The van der Waals surface area contributed by atoms with E-state index in [-0.39, 0.29) is 18.6 Å². The molecule has 0 fully saturated rings. The molecule has 1 N–H and O–H groups in total. The Kier molecular flexibility index (Phi) is 7.79. The fourth-order valence-electron chi connectivity index (χ4n) is 2.43. The van der Waals surface area contributed by atoms with Gasteiger partial charge in [-0.3, -0.25) is 4.79 Å². The molecule has 2 rings (SSSR count). The highest BCUT2D eigenvalue weighted by Crippen LogP contribution is 2.20. The highest BCUT2D eigenvalue weighted by molar-refractivity contribution is 6.31. The molecule has 140 valence electrons. The van der Waals surface area contributed by atoms with Gasteiger partial charge in [-0.15, -0.1) is 0 Å². The van der Waals surface area contributed by atoms with Gasteiger partial charge in [0, 0.05) is 11.6 Å². The molecule has 0 bridgehead atoms. The first-order chi connectivity index (χ1) is 12.4. The van der Waals surface area contributed by atoms with Crippen LogP contribution in [0.2, 0.25) is 5.02 Å². The van der Waals surface area contributed by atoms with Crippen molar-refractivity contribution < 1.29 is 14.3 Å². The molecule has 0 radical (unpaired) electrons. The van der Waals surface area contributed by atoms with Crippen LogP contribution < -0.4 is 14.8 Å². The van der Waals surface area contributed by atoms with Crippen LogP contribution in [0.5, 0.6) is 11.5 Å². The molecule has 0 aliphatic carbocycles.